The van der Waals surface area contributed by atoms with E-state index in [1.807, 2.05) is 48.7 Å². The van der Waals surface area contributed by atoms with Crippen molar-refractivity contribution in [2.45, 2.75) is 6.61 Å². The predicted octanol–water partition coefficient (Wildman–Crippen LogP) is 3.65. The standard InChI is InChI=1S/C21H20N2O4/c1-25-19-6-3-5-17(21(19)26-2)9-12-20(24)27-15-16-7-10-18(11-8-16)23-14-4-13-22-23/h3-14H,15H2,1-2H3/b12-9+. The van der Waals surface area contributed by atoms with Gasteiger partial charge in [-0.3, -0.25) is 0 Å². The predicted molar refractivity (Wildman–Crippen MR) is 102 cm³/mol. The van der Waals surface area contributed by atoms with Crippen molar-refractivity contribution in [3.63, 3.8) is 0 Å². The fourth-order valence-electron chi connectivity index (χ4n) is 2.57. The molecule has 2 aromatic carbocycles. The van der Waals surface area contributed by atoms with Gasteiger partial charge < -0.3 is 14.2 Å². The summed E-state index contributed by atoms with van der Waals surface area (Å²) in [6.07, 6.45) is 6.60. The van der Waals surface area contributed by atoms with Crippen LogP contribution in [-0.2, 0) is 16.1 Å². The number of rotatable bonds is 7. The van der Waals surface area contributed by atoms with Crippen molar-refractivity contribution >= 4 is 12.0 Å². The first-order valence-electron chi connectivity index (χ1n) is 8.36. The number of benzene rings is 2. The van der Waals surface area contributed by atoms with Crippen LogP contribution in [0.25, 0.3) is 11.8 Å². The highest BCUT2D eigenvalue weighted by molar-refractivity contribution is 5.87. The summed E-state index contributed by atoms with van der Waals surface area (Å²) in [4.78, 5) is 12.0. The first-order valence-corrected chi connectivity index (χ1v) is 8.36. The Hall–Kier alpha value is -3.54. The Balaban J connectivity index is 1.59. The van der Waals surface area contributed by atoms with Crippen LogP contribution in [0.4, 0.5) is 0 Å². The second-order valence-electron chi connectivity index (χ2n) is 5.64. The van der Waals surface area contributed by atoms with Crippen LogP contribution in [0.5, 0.6) is 11.5 Å². The van der Waals surface area contributed by atoms with Crippen molar-refractivity contribution in [3.05, 3.63) is 78.1 Å². The van der Waals surface area contributed by atoms with Crippen LogP contribution in [0.15, 0.2) is 67.0 Å². The molecule has 3 aromatic rings. The highest BCUT2D eigenvalue weighted by atomic mass is 16.5. The third-order valence-corrected chi connectivity index (χ3v) is 3.92. The number of esters is 1. The summed E-state index contributed by atoms with van der Waals surface area (Å²) in [7, 11) is 3.12. The van der Waals surface area contributed by atoms with Crippen LogP contribution in [0.2, 0.25) is 0 Å². The summed E-state index contributed by atoms with van der Waals surface area (Å²) < 4.78 is 17.6. The molecule has 0 aliphatic heterocycles. The average Bonchev–Trinajstić information content (AvgIpc) is 3.25. The lowest BCUT2D eigenvalue weighted by atomic mass is 10.1. The molecule has 1 heterocycles. The van der Waals surface area contributed by atoms with Crippen molar-refractivity contribution in [2.24, 2.45) is 0 Å². The first kappa shape index (κ1) is 18.3. The summed E-state index contributed by atoms with van der Waals surface area (Å²) in [6, 6.07) is 15.0. The van der Waals surface area contributed by atoms with Gasteiger partial charge in [0.2, 0.25) is 0 Å². The van der Waals surface area contributed by atoms with E-state index in [2.05, 4.69) is 5.10 Å². The molecule has 0 N–H and O–H groups in total. The van der Waals surface area contributed by atoms with E-state index in [0.29, 0.717) is 11.5 Å². The Kier molecular flexibility index (Phi) is 5.89. The maximum absolute atomic E-state index is 12.0. The maximum Gasteiger partial charge on any atom is 0.331 e. The van der Waals surface area contributed by atoms with E-state index in [4.69, 9.17) is 14.2 Å². The minimum atomic E-state index is -0.434. The average molecular weight is 364 g/mol. The van der Waals surface area contributed by atoms with Gasteiger partial charge in [-0.2, -0.15) is 5.10 Å². The quantitative estimate of drug-likeness (QED) is 0.473. The molecule has 6 nitrogen and oxygen atoms in total. The molecule has 0 saturated carbocycles. The minimum Gasteiger partial charge on any atom is -0.493 e. The Morgan fingerprint density at radius 1 is 1.07 bits per heavy atom. The van der Waals surface area contributed by atoms with Gasteiger partial charge in [-0.25, -0.2) is 9.48 Å². The summed E-state index contributed by atoms with van der Waals surface area (Å²) in [5.41, 5.74) is 2.57. The van der Waals surface area contributed by atoms with Crippen molar-refractivity contribution in [1.82, 2.24) is 9.78 Å². The van der Waals surface area contributed by atoms with Crippen LogP contribution < -0.4 is 9.47 Å². The maximum atomic E-state index is 12.0. The molecule has 138 valence electrons. The molecule has 0 radical (unpaired) electrons. The van der Waals surface area contributed by atoms with Crippen LogP contribution in [0.3, 0.4) is 0 Å². The zero-order valence-corrected chi connectivity index (χ0v) is 15.2. The van der Waals surface area contributed by atoms with Gasteiger partial charge in [0.15, 0.2) is 11.5 Å². The smallest absolute Gasteiger partial charge is 0.331 e. The fraction of sp³-hybridized carbons (Fsp3) is 0.143. The van der Waals surface area contributed by atoms with E-state index >= 15 is 0 Å². The highest BCUT2D eigenvalue weighted by Crippen LogP contribution is 2.31. The number of hydrogen-bond donors (Lipinski definition) is 0. The number of aromatic nitrogens is 2. The second-order valence-corrected chi connectivity index (χ2v) is 5.64. The summed E-state index contributed by atoms with van der Waals surface area (Å²) in [5, 5.41) is 4.17. The molecule has 0 amide bonds. The van der Waals surface area contributed by atoms with E-state index in [1.165, 1.54) is 6.08 Å². The molecular formula is C21H20N2O4. The number of carbonyl (C=O) groups is 1. The van der Waals surface area contributed by atoms with E-state index in [9.17, 15) is 4.79 Å². The van der Waals surface area contributed by atoms with Gasteiger partial charge in [0.1, 0.15) is 6.61 Å². The molecule has 0 aliphatic rings. The van der Waals surface area contributed by atoms with Crippen LogP contribution in [0.1, 0.15) is 11.1 Å². The lowest BCUT2D eigenvalue weighted by molar-refractivity contribution is -0.138. The van der Waals surface area contributed by atoms with E-state index in [0.717, 1.165) is 16.8 Å². The molecule has 0 bridgehead atoms. The number of carbonyl (C=O) groups excluding carboxylic acids is 1. The fourth-order valence-corrected chi connectivity index (χ4v) is 2.57. The third-order valence-electron chi connectivity index (χ3n) is 3.92. The Morgan fingerprint density at radius 3 is 2.56 bits per heavy atom. The number of nitrogens with zero attached hydrogens (tertiary/aromatic N) is 2. The zero-order chi connectivity index (χ0) is 19.1. The van der Waals surface area contributed by atoms with Crippen molar-refractivity contribution in [3.8, 4) is 17.2 Å². The molecule has 0 spiro atoms. The van der Waals surface area contributed by atoms with E-state index in [-0.39, 0.29) is 6.61 Å². The van der Waals surface area contributed by atoms with Gasteiger partial charge in [-0.15, -0.1) is 0 Å². The topological polar surface area (TPSA) is 62.6 Å². The summed E-state index contributed by atoms with van der Waals surface area (Å²) >= 11 is 0. The normalized spacial score (nSPS) is 10.7. The van der Waals surface area contributed by atoms with Crippen LogP contribution >= 0.6 is 0 Å². The monoisotopic (exact) mass is 364 g/mol. The number of ether oxygens (including phenoxy) is 3. The Morgan fingerprint density at radius 2 is 1.89 bits per heavy atom. The van der Waals surface area contributed by atoms with Gasteiger partial charge >= 0.3 is 5.97 Å². The van der Waals surface area contributed by atoms with Crippen molar-refractivity contribution < 1.29 is 19.0 Å². The molecule has 0 aliphatic carbocycles. The minimum absolute atomic E-state index is 0.192. The van der Waals surface area contributed by atoms with E-state index < -0.39 is 5.97 Å². The Bertz CT molecular complexity index is 916. The molecule has 0 atom stereocenters. The third kappa shape index (κ3) is 4.55. The molecule has 0 unspecified atom stereocenters. The Labute approximate surface area is 157 Å². The molecule has 0 fully saturated rings. The van der Waals surface area contributed by atoms with Gasteiger partial charge in [0.05, 0.1) is 19.9 Å². The molecule has 0 saturated heterocycles. The van der Waals surface area contributed by atoms with Gasteiger partial charge in [0.25, 0.3) is 0 Å². The van der Waals surface area contributed by atoms with E-state index in [1.54, 1.807) is 37.2 Å². The van der Waals surface area contributed by atoms with Gasteiger partial charge in [0, 0.05) is 24.0 Å². The van der Waals surface area contributed by atoms with Crippen molar-refractivity contribution in [1.29, 1.82) is 0 Å². The summed E-state index contributed by atoms with van der Waals surface area (Å²) in [6.45, 7) is 0.192. The highest BCUT2D eigenvalue weighted by Gasteiger charge is 2.07. The second kappa shape index (κ2) is 8.71. The number of para-hydroxylation sites is 1. The molecule has 27 heavy (non-hydrogen) atoms. The molecule has 1 aromatic heterocycles. The lowest BCUT2D eigenvalue weighted by Crippen LogP contribution is -2.01. The molecular weight excluding hydrogens is 344 g/mol. The summed E-state index contributed by atoms with van der Waals surface area (Å²) in [5.74, 6) is 0.736. The molecule has 3 rings (SSSR count). The zero-order valence-electron chi connectivity index (χ0n) is 15.2. The SMILES string of the molecule is COc1cccc(/C=C/C(=O)OCc2ccc(-n3cccn3)cc2)c1OC. The van der Waals surface area contributed by atoms with Gasteiger partial charge in [-0.1, -0.05) is 24.3 Å². The van der Waals surface area contributed by atoms with Crippen LogP contribution in [0, 0.1) is 0 Å². The largest absolute Gasteiger partial charge is 0.493 e. The van der Waals surface area contributed by atoms with Crippen LogP contribution in [-0.4, -0.2) is 30.0 Å². The molecule has 6 heteroatoms. The number of methoxy groups -OCH3 is 2. The van der Waals surface area contributed by atoms with Crippen molar-refractivity contribution in [2.75, 3.05) is 14.2 Å². The first-order chi connectivity index (χ1) is 13.2. The lowest BCUT2D eigenvalue weighted by Gasteiger charge is -2.09. The number of hydrogen-bond acceptors (Lipinski definition) is 5. The van der Waals surface area contributed by atoms with Gasteiger partial charge in [-0.05, 0) is 35.9 Å².